The van der Waals surface area contributed by atoms with Crippen molar-refractivity contribution in [3.8, 4) is 0 Å². The Bertz CT molecular complexity index is 266. The van der Waals surface area contributed by atoms with E-state index in [0.717, 1.165) is 24.9 Å². The van der Waals surface area contributed by atoms with Crippen molar-refractivity contribution in [2.75, 3.05) is 52.7 Å². The summed E-state index contributed by atoms with van der Waals surface area (Å²) in [6, 6.07) is 1.64. The summed E-state index contributed by atoms with van der Waals surface area (Å²) in [6.45, 7) is 16.9. The van der Waals surface area contributed by atoms with E-state index in [1.54, 1.807) is 0 Å². The Morgan fingerprint density at radius 2 is 0.679 bits per heavy atom. The monoisotopic (exact) mass is 442 g/mol. The van der Waals surface area contributed by atoms with Gasteiger partial charge >= 0.3 is 17.6 Å². The molecule has 0 aromatic rings. The molecule has 0 unspecified atom stereocenters. The highest BCUT2D eigenvalue weighted by Crippen LogP contribution is 2.18. The molecule has 0 bridgehead atoms. The summed E-state index contributed by atoms with van der Waals surface area (Å²) >= 11 is 0. The van der Waals surface area contributed by atoms with Crippen LogP contribution in [0.2, 0.25) is 12.1 Å². The Kier molecular flexibility index (Phi) is 22.1. The van der Waals surface area contributed by atoms with Gasteiger partial charge in [0.05, 0.1) is 0 Å². The molecule has 0 spiro atoms. The van der Waals surface area contributed by atoms with E-state index in [9.17, 15) is 0 Å². The molecular formula is C18H46N2O6Si2. The van der Waals surface area contributed by atoms with Crippen LogP contribution in [-0.4, -0.2) is 70.3 Å². The van der Waals surface area contributed by atoms with Gasteiger partial charge in [-0.05, 0) is 67.5 Å². The summed E-state index contributed by atoms with van der Waals surface area (Å²) in [4.78, 5) is 0. The predicted molar refractivity (Wildman–Crippen MR) is 118 cm³/mol. The number of nitrogens with two attached hydrogens (primary N) is 2. The first-order valence-corrected chi connectivity index (χ1v) is 14.6. The largest absolute Gasteiger partial charge is 0.500 e. The maximum Gasteiger partial charge on any atom is 0.500 e. The molecule has 0 heterocycles. The van der Waals surface area contributed by atoms with Crippen LogP contribution >= 0.6 is 0 Å². The second kappa shape index (κ2) is 20.4. The Balaban J connectivity index is 0. The van der Waals surface area contributed by atoms with Gasteiger partial charge in [0, 0.05) is 51.7 Å². The minimum atomic E-state index is -2.40. The third-order valence-corrected chi connectivity index (χ3v) is 9.86. The lowest BCUT2D eigenvalue weighted by Gasteiger charge is -2.28. The van der Waals surface area contributed by atoms with Gasteiger partial charge in [-0.1, -0.05) is 0 Å². The van der Waals surface area contributed by atoms with Crippen molar-refractivity contribution in [1.29, 1.82) is 0 Å². The molecule has 0 aliphatic heterocycles. The van der Waals surface area contributed by atoms with E-state index >= 15 is 0 Å². The summed E-state index contributed by atoms with van der Waals surface area (Å²) in [5, 5.41) is 0. The van der Waals surface area contributed by atoms with Crippen LogP contribution in [0.1, 0.15) is 54.4 Å². The van der Waals surface area contributed by atoms with Crippen LogP contribution < -0.4 is 11.5 Å². The fraction of sp³-hybridized carbons (Fsp3) is 1.00. The molecule has 0 radical (unpaired) electrons. The molecule has 0 saturated carbocycles. The zero-order valence-electron chi connectivity index (χ0n) is 19.1. The number of hydrogen-bond donors (Lipinski definition) is 2. The molecule has 8 nitrogen and oxygen atoms in total. The van der Waals surface area contributed by atoms with Crippen LogP contribution in [-0.2, 0) is 26.6 Å². The lowest BCUT2D eigenvalue weighted by atomic mass is 10.5. The Labute approximate surface area is 175 Å². The Morgan fingerprint density at radius 1 is 0.464 bits per heavy atom. The van der Waals surface area contributed by atoms with E-state index < -0.39 is 17.6 Å². The molecule has 0 amide bonds. The summed E-state index contributed by atoms with van der Waals surface area (Å²) in [5.41, 5.74) is 11.0. The lowest BCUT2D eigenvalue weighted by molar-refractivity contribution is 0.0702. The van der Waals surface area contributed by atoms with Gasteiger partial charge in [-0.15, -0.1) is 0 Å². The van der Waals surface area contributed by atoms with E-state index in [-0.39, 0.29) is 0 Å². The summed E-state index contributed by atoms with van der Waals surface area (Å²) in [7, 11) is -4.79. The molecule has 172 valence electrons. The highest BCUT2D eigenvalue weighted by molar-refractivity contribution is 6.61. The van der Waals surface area contributed by atoms with E-state index in [2.05, 4.69) is 0 Å². The third kappa shape index (κ3) is 14.2. The molecule has 10 heteroatoms. The summed E-state index contributed by atoms with van der Waals surface area (Å²) in [6.07, 6.45) is 1.79. The fourth-order valence-electron chi connectivity index (χ4n) is 2.64. The van der Waals surface area contributed by atoms with Crippen molar-refractivity contribution >= 4 is 17.6 Å². The Morgan fingerprint density at radius 3 is 0.821 bits per heavy atom. The fourth-order valence-corrected chi connectivity index (χ4v) is 7.92. The van der Waals surface area contributed by atoms with Gasteiger partial charge in [-0.3, -0.25) is 0 Å². The normalized spacial score (nSPS) is 12.0. The van der Waals surface area contributed by atoms with Crippen molar-refractivity contribution in [2.24, 2.45) is 11.5 Å². The van der Waals surface area contributed by atoms with Crippen LogP contribution in [0.5, 0.6) is 0 Å². The zero-order valence-corrected chi connectivity index (χ0v) is 21.1. The van der Waals surface area contributed by atoms with Gasteiger partial charge in [-0.2, -0.15) is 0 Å². The van der Waals surface area contributed by atoms with Gasteiger partial charge in [0.25, 0.3) is 0 Å². The minimum absolute atomic E-state index is 0.636. The van der Waals surface area contributed by atoms with Crippen LogP contribution in [0.4, 0.5) is 0 Å². The van der Waals surface area contributed by atoms with Gasteiger partial charge < -0.3 is 38.0 Å². The SMILES string of the molecule is CCO[Si](CCCN)(OCC)OCC.CCO[Si](CCCN)(OCC)OCC. The highest BCUT2D eigenvalue weighted by Gasteiger charge is 2.40. The average Bonchev–Trinajstić information content (AvgIpc) is 2.67. The average molecular weight is 443 g/mol. The molecule has 0 aliphatic rings. The molecule has 0 aromatic carbocycles. The maximum absolute atomic E-state index is 5.65. The zero-order chi connectivity index (χ0) is 21.7. The second-order valence-corrected chi connectivity index (χ2v) is 11.2. The first-order valence-electron chi connectivity index (χ1n) is 10.7. The van der Waals surface area contributed by atoms with Crippen molar-refractivity contribution in [3.63, 3.8) is 0 Å². The first kappa shape index (κ1) is 30.3. The van der Waals surface area contributed by atoms with E-state index in [4.69, 9.17) is 38.0 Å². The van der Waals surface area contributed by atoms with Crippen LogP contribution in [0.3, 0.4) is 0 Å². The molecule has 0 fully saturated rings. The predicted octanol–water partition coefficient (Wildman–Crippen LogP) is 2.77. The Hall–Kier alpha value is 0.114. The van der Waals surface area contributed by atoms with Crippen molar-refractivity contribution in [3.05, 3.63) is 0 Å². The topological polar surface area (TPSA) is 107 Å². The van der Waals surface area contributed by atoms with Crippen LogP contribution in [0.25, 0.3) is 0 Å². The molecule has 4 N–H and O–H groups in total. The van der Waals surface area contributed by atoms with Gasteiger partial charge in [0.15, 0.2) is 0 Å². The molecule has 0 aromatic heterocycles. The summed E-state index contributed by atoms with van der Waals surface area (Å²) in [5.74, 6) is 0. The number of rotatable bonds is 18. The maximum atomic E-state index is 5.65. The molecule has 0 saturated heterocycles. The first-order chi connectivity index (χ1) is 13.5. The molecule has 0 rings (SSSR count). The molecule has 0 aliphatic carbocycles. The standard InChI is InChI=1S/2C9H23NO3Si/c2*1-4-11-14(12-5-2,13-6-3)9-7-8-10/h2*4-10H2,1-3H3. The van der Waals surface area contributed by atoms with Crippen molar-refractivity contribution < 1.29 is 26.6 Å². The van der Waals surface area contributed by atoms with Crippen LogP contribution in [0.15, 0.2) is 0 Å². The highest BCUT2D eigenvalue weighted by atomic mass is 28.4. The third-order valence-electron chi connectivity index (χ3n) is 3.56. The minimum Gasteiger partial charge on any atom is -0.374 e. The van der Waals surface area contributed by atoms with E-state index in [1.807, 2.05) is 41.5 Å². The quantitative estimate of drug-likeness (QED) is 0.312. The van der Waals surface area contributed by atoms with E-state index in [0.29, 0.717) is 52.7 Å². The van der Waals surface area contributed by atoms with Crippen molar-refractivity contribution in [1.82, 2.24) is 0 Å². The number of hydrogen-bond acceptors (Lipinski definition) is 8. The summed E-state index contributed by atoms with van der Waals surface area (Å²) < 4.78 is 33.9. The van der Waals surface area contributed by atoms with Gasteiger partial charge in [0.1, 0.15) is 0 Å². The van der Waals surface area contributed by atoms with E-state index in [1.165, 1.54) is 0 Å². The molecular weight excluding hydrogens is 396 g/mol. The van der Waals surface area contributed by atoms with Crippen LogP contribution in [0, 0.1) is 0 Å². The van der Waals surface area contributed by atoms with Crippen molar-refractivity contribution in [2.45, 2.75) is 66.5 Å². The molecule has 0 atom stereocenters. The van der Waals surface area contributed by atoms with Gasteiger partial charge in [-0.25, -0.2) is 0 Å². The molecule has 28 heavy (non-hydrogen) atoms. The second-order valence-electron chi connectivity index (χ2n) is 5.75. The van der Waals surface area contributed by atoms with Gasteiger partial charge in [0.2, 0.25) is 0 Å². The smallest absolute Gasteiger partial charge is 0.374 e. The lowest BCUT2D eigenvalue weighted by Crippen LogP contribution is -2.46.